The van der Waals surface area contributed by atoms with Gasteiger partial charge in [-0.15, -0.1) is 12.4 Å². The summed E-state index contributed by atoms with van der Waals surface area (Å²) in [6.45, 7) is 3.98. The van der Waals surface area contributed by atoms with Crippen molar-refractivity contribution in [2.75, 3.05) is 5.32 Å². The zero-order chi connectivity index (χ0) is 20.0. The van der Waals surface area contributed by atoms with Crippen molar-refractivity contribution in [3.63, 3.8) is 0 Å². The molecule has 0 aliphatic heterocycles. The molecule has 1 atom stereocenters. The summed E-state index contributed by atoms with van der Waals surface area (Å²) in [5.41, 5.74) is 6.83. The molecule has 2 aromatic carbocycles. The Morgan fingerprint density at radius 1 is 1.18 bits per heavy atom. The van der Waals surface area contributed by atoms with Gasteiger partial charge in [-0.3, -0.25) is 9.59 Å². The topological polar surface area (TPSA) is 84.2 Å². The predicted octanol–water partition coefficient (Wildman–Crippen LogP) is 4.14. The lowest BCUT2D eigenvalue weighted by Gasteiger charge is -2.15. The predicted molar refractivity (Wildman–Crippen MR) is 112 cm³/mol. The van der Waals surface area contributed by atoms with Crippen molar-refractivity contribution in [2.45, 2.75) is 32.9 Å². The molecule has 0 bridgehead atoms. The van der Waals surface area contributed by atoms with Crippen LogP contribution in [0.5, 0.6) is 0 Å². The first kappa shape index (κ1) is 23.9. The van der Waals surface area contributed by atoms with Gasteiger partial charge in [0.05, 0.1) is 16.6 Å². The van der Waals surface area contributed by atoms with Crippen molar-refractivity contribution >= 4 is 41.5 Å². The summed E-state index contributed by atoms with van der Waals surface area (Å²) in [6.07, 6.45) is 0.551. The number of benzene rings is 2. The Morgan fingerprint density at radius 2 is 1.86 bits per heavy atom. The van der Waals surface area contributed by atoms with Crippen LogP contribution in [0, 0.1) is 11.7 Å². The molecule has 0 fully saturated rings. The molecule has 152 valence electrons. The highest BCUT2D eigenvalue weighted by Crippen LogP contribution is 2.21. The molecule has 5 nitrogen and oxygen atoms in total. The smallest absolute Gasteiger partial charge is 0.253 e. The van der Waals surface area contributed by atoms with Gasteiger partial charge in [0.15, 0.2) is 0 Å². The molecule has 0 heterocycles. The second kappa shape index (κ2) is 11.0. The van der Waals surface area contributed by atoms with E-state index in [1.807, 2.05) is 13.8 Å². The lowest BCUT2D eigenvalue weighted by molar-refractivity contribution is -0.117. The highest BCUT2D eigenvalue weighted by molar-refractivity contribution is 6.34. The van der Waals surface area contributed by atoms with Crippen LogP contribution in [0.4, 0.5) is 10.1 Å². The summed E-state index contributed by atoms with van der Waals surface area (Å²) in [5.74, 6) is -0.908. The maximum atomic E-state index is 13.7. The van der Waals surface area contributed by atoms with Gasteiger partial charge in [-0.2, -0.15) is 0 Å². The molecule has 4 N–H and O–H groups in total. The van der Waals surface area contributed by atoms with Gasteiger partial charge in [0.2, 0.25) is 5.91 Å². The third-order valence-electron chi connectivity index (χ3n) is 3.94. The van der Waals surface area contributed by atoms with E-state index in [1.165, 1.54) is 18.2 Å². The quantitative estimate of drug-likeness (QED) is 0.620. The minimum Gasteiger partial charge on any atom is -0.348 e. The second-order valence-corrected chi connectivity index (χ2v) is 7.10. The Kier molecular flexibility index (Phi) is 9.38. The maximum absolute atomic E-state index is 13.7. The van der Waals surface area contributed by atoms with Crippen molar-refractivity contribution in [1.29, 1.82) is 0 Å². The number of carbonyl (C=O) groups excluding carboxylic acids is 2. The van der Waals surface area contributed by atoms with Crippen LogP contribution in [-0.4, -0.2) is 17.9 Å². The van der Waals surface area contributed by atoms with Gasteiger partial charge in [-0.1, -0.05) is 43.6 Å². The normalized spacial score (nSPS) is 11.5. The number of nitrogens with one attached hydrogen (secondary N) is 2. The lowest BCUT2D eigenvalue weighted by atomic mass is 10.0. The van der Waals surface area contributed by atoms with Gasteiger partial charge < -0.3 is 16.4 Å². The molecule has 28 heavy (non-hydrogen) atoms. The van der Waals surface area contributed by atoms with E-state index >= 15 is 0 Å². The van der Waals surface area contributed by atoms with Crippen LogP contribution >= 0.6 is 24.0 Å². The van der Waals surface area contributed by atoms with Crippen LogP contribution in [0.2, 0.25) is 5.02 Å². The van der Waals surface area contributed by atoms with E-state index in [0.717, 1.165) is 0 Å². The Morgan fingerprint density at radius 3 is 2.50 bits per heavy atom. The Hall–Kier alpha value is -2.15. The molecule has 0 radical (unpaired) electrons. The summed E-state index contributed by atoms with van der Waals surface area (Å²) in [5, 5.41) is 5.54. The number of amides is 2. The Labute approximate surface area is 175 Å². The Balaban J connectivity index is 0.00000392. The molecular weight excluding hydrogens is 404 g/mol. The highest BCUT2D eigenvalue weighted by atomic mass is 35.5. The maximum Gasteiger partial charge on any atom is 0.253 e. The number of rotatable bonds is 7. The van der Waals surface area contributed by atoms with E-state index in [-0.39, 0.29) is 41.4 Å². The Bertz CT molecular complexity index is 831. The van der Waals surface area contributed by atoms with Gasteiger partial charge in [0.25, 0.3) is 5.91 Å². The van der Waals surface area contributed by atoms with Gasteiger partial charge >= 0.3 is 0 Å². The first-order valence-electron chi connectivity index (χ1n) is 8.65. The van der Waals surface area contributed by atoms with Gasteiger partial charge in [-0.25, -0.2) is 4.39 Å². The fourth-order valence-corrected chi connectivity index (χ4v) is 2.74. The monoisotopic (exact) mass is 427 g/mol. The van der Waals surface area contributed by atoms with Crippen LogP contribution in [0.15, 0.2) is 42.5 Å². The second-order valence-electron chi connectivity index (χ2n) is 6.69. The van der Waals surface area contributed by atoms with Gasteiger partial charge in [0.1, 0.15) is 5.82 Å². The molecule has 0 aliphatic carbocycles. The average molecular weight is 428 g/mol. The third kappa shape index (κ3) is 6.78. The van der Waals surface area contributed by atoms with E-state index in [1.54, 1.807) is 24.3 Å². The first-order valence-corrected chi connectivity index (χ1v) is 9.03. The largest absolute Gasteiger partial charge is 0.348 e. The zero-order valence-electron chi connectivity index (χ0n) is 15.7. The van der Waals surface area contributed by atoms with E-state index in [4.69, 9.17) is 17.3 Å². The number of hydrogen-bond donors (Lipinski definition) is 3. The number of hydrogen-bond acceptors (Lipinski definition) is 3. The van der Waals surface area contributed by atoms with Crippen molar-refractivity contribution < 1.29 is 14.0 Å². The number of carbonyl (C=O) groups is 2. The molecular formula is C20H24Cl2FN3O2. The van der Waals surface area contributed by atoms with Crippen LogP contribution in [-0.2, 0) is 11.3 Å². The molecule has 0 saturated carbocycles. The van der Waals surface area contributed by atoms with Crippen molar-refractivity contribution in [3.8, 4) is 0 Å². The molecule has 0 unspecified atom stereocenters. The SMILES string of the molecule is CC(C)C[C@H](N)C(=O)Nc1ccc(Cl)c(C(=O)NCc2ccccc2F)c1.Cl. The molecule has 8 heteroatoms. The molecule has 0 spiro atoms. The molecule has 2 aromatic rings. The van der Waals surface area contributed by atoms with E-state index in [9.17, 15) is 14.0 Å². The van der Waals surface area contributed by atoms with Crippen LogP contribution in [0.25, 0.3) is 0 Å². The summed E-state index contributed by atoms with van der Waals surface area (Å²) in [7, 11) is 0. The summed E-state index contributed by atoms with van der Waals surface area (Å²) in [6, 6.07) is 10.1. The van der Waals surface area contributed by atoms with Crippen molar-refractivity contribution in [2.24, 2.45) is 11.7 Å². The summed E-state index contributed by atoms with van der Waals surface area (Å²) < 4.78 is 13.7. The molecule has 0 aromatic heterocycles. The van der Waals surface area contributed by atoms with E-state index in [2.05, 4.69) is 10.6 Å². The third-order valence-corrected chi connectivity index (χ3v) is 4.27. The fraction of sp³-hybridized carbons (Fsp3) is 0.300. The number of anilines is 1. The first-order chi connectivity index (χ1) is 12.8. The summed E-state index contributed by atoms with van der Waals surface area (Å²) in [4.78, 5) is 24.6. The lowest BCUT2D eigenvalue weighted by Crippen LogP contribution is -2.36. The van der Waals surface area contributed by atoms with Crippen LogP contribution < -0.4 is 16.4 Å². The number of halogens is 3. The summed E-state index contributed by atoms with van der Waals surface area (Å²) >= 11 is 6.10. The average Bonchev–Trinajstić information content (AvgIpc) is 2.61. The molecule has 0 aliphatic rings. The van der Waals surface area contributed by atoms with Gasteiger partial charge in [0, 0.05) is 17.8 Å². The van der Waals surface area contributed by atoms with Crippen molar-refractivity contribution in [1.82, 2.24) is 5.32 Å². The molecule has 2 amide bonds. The van der Waals surface area contributed by atoms with Crippen LogP contribution in [0.3, 0.4) is 0 Å². The fourth-order valence-electron chi connectivity index (χ4n) is 2.54. The van der Waals surface area contributed by atoms with Gasteiger partial charge in [-0.05, 0) is 36.6 Å². The molecule has 0 saturated heterocycles. The van der Waals surface area contributed by atoms with Crippen molar-refractivity contribution in [3.05, 3.63) is 64.4 Å². The van der Waals surface area contributed by atoms with E-state index < -0.39 is 17.8 Å². The zero-order valence-corrected chi connectivity index (χ0v) is 17.2. The minimum atomic E-state index is -0.640. The highest BCUT2D eigenvalue weighted by Gasteiger charge is 2.17. The number of nitrogens with two attached hydrogens (primary N) is 1. The standard InChI is InChI=1S/C20H23ClFN3O2.ClH/c1-12(2)9-18(23)20(27)25-14-7-8-16(21)15(10-14)19(26)24-11-13-5-3-4-6-17(13)22;/h3-8,10,12,18H,9,11,23H2,1-2H3,(H,24,26)(H,25,27);1H/t18-;/m0./s1. The molecule has 2 rings (SSSR count). The van der Waals surface area contributed by atoms with Crippen LogP contribution in [0.1, 0.15) is 36.2 Å². The van der Waals surface area contributed by atoms with E-state index in [0.29, 0.717) is 17.7 Å². The minimum absolute atomic E-state index is 0.